The molecule has 2 aromatic rings. The molecular weight excluding hydrogens is 435 g/mol. The summed E-state index contributed by atoms with van der Waals surface area (Å²) in [7, 11) is 0. The summed E-state index contributed by atoms with van der Waals surface area (Å²) in [4.78, 5) is 24.6. The third-order valence-electron chi connectivity index (χ3n) is 4.50. The van der Waals surface area contributed by atoms with Crippen LogP contribution in [0.2, 0.25) is 10.0 Å². The highest BCUT2D eigenvalue weighted by Crippen LogP contribution is 2.35. The Balaban J connectivity index is 1.94. The van der Waals surface area contributed by atoms with E-state index in [-0.39, 0.29) is 51.4 Å². The van der Waals surface area contributed by atoms with E-state index in [0.29, 0.717) is 0 Å². The molecule has 158 valence electrons. The van der Waals surface area contributed by atoms with Gasteiger partial charge in [0, 0.05) is 28.1 Å². The maximum absolute atomic E-state index is 15.2. The zero-order valence-electron chi connectivity index (χ0n) is 16.5. The summed E-state index contributed by atoms with van der Waals surface area (Å²) in [5, 5.41) is 7.76. The molecule has 1 aliphatic heterocycles. The van der Waals surface area contributed by atoms with Gasteiger partial charge in [0.1, 0.15) is 11.5 Å². The number of hydrogen-bond acceptors (Lipinski definition) is 3. The number of benzene rings is 2. The lowest BCUT2D eigenvalue weighted by molar-refractivity contribution is -0.128. The van der Waals surface area contributed by atoms with Crippen molar-refractivity contribution in [2.24, 2.45) is 10.5 Å². The molecule has 1 aliphatic rings. The van der Waals surface area contributed by atoms with Gasteiger partial charge >= 0.3 is 0 Å². The number of carbonyl (C=O) groups is 2. The Labute approximate surface area is 182 Å². The first-order valence-corrected chi connectivity index (χ1v) is 9.85. The fourth-order valence-corrected chi connectivity index (χ4v) is 3.22. The molecule has 0 saturated heterocycles. The largest absolute Gasteiger partial charge is 0.351 e. The van der Waals surface area contributed by atoms with Gasteiger partial charge in [-0.15, -0.1) is 0 Å². The lowest BCUT2D eigenvalue weighted by Crippen LogP contribution is -2.34. The van der Waals surface area contributed by atoms with Gasteiger partial charge in [0.05, 0.1) is 17.2 Å². The van der Waals surface area contributed by atoms with Crippen molar-refractivity contribution in [3.8, 4) is 0 Å². The topological polar surface area (TPSA) is 61.8 Å². The lowest BCUT2D eigenvalue weighted by atomic mass is 9.95. The highest BCUT2D eigenvalue weighted by molar-refractivity contribution is 6.34. The Morgan fingerprint density at radius 2 is 1.90 bits per heavy atom. The zero-order valence-corrected chi connectivity index (χ0v) is 18.0. The number of hydrazone groups is 1. The Kier molecular flexibility index (Phi) is 6.15. The van der Waals surface area contributed by atoms with Crippen LogP contribution < -0.4 is 10.3 Å². The van der Waals surface area contributed by atoms with Crippen molar-refractivity contribution in [1.82, 2.24) is 5.32 Å². The second-order valence-corrected chi connectivity index (χ2v) is 8.70. The van der Waals surface area contributed by atoms with Crippen molar-refractivity contribution < 1.29 is 18.4 Å². The molecule has 2 aromatic carbocycles. The Bertz CT molecular complexity index is 1060. The molecule has 0 unspecified atom stereocenters. The highest BCUT2D eigenvalue weighted by atomic mass is 35.5. The van der Waals surface area contributed by atoms with Crippen LogP contribution in [0.15, 0.2) is 35.4 Å². The minimum Gasteiger partial charge on any atom is -0.351 e. The summed E-state index contributed by atoms with van der Waals surface area (Å²) in [5.41, 5.74) is -0.510. The predicted octanol–water partition coefficient (Wildman–Crippen LogP) is 5.07. The summed E-state index contributed by atoms with van der Waals surface area (Å²) in [6.07, 6.45) is -0.223. The van der Waals surface area contributed by atoms with Crippen molar-refractivity contribution >= 4 is 46.4 Å². The van der Waals surface area contributed by atoms with Crippen LogP contribution in [-0.4, -0.2) is 17.5 Å². The summed E-state index contributed by atoms with van der Waals surface area (Å²) in [5.74, 6) is -2.24. The number of nitrogens with zero attached hydrogens (tertiary/aromatic N) is 2. The number of rotatable bonds is 4. The molecule has 0 aromatic heterocycles. The summed E-state index contributed by atoms with van der Waals surface area (Å²) >= 11 is 11.9. The summed E-state index contributed by atoms with van der Waals surface area (Å²) in [6.45, 7) is 5.12. The molecule has 30 heavy (non-hydrogen) atoms. The van der Waals surface area contributed by atoms with Crippen molar-refractivity contribution in [2.75, 3.05) is 5.01 Å². The molecule has 1 heterocycles. The van der Waals surface area contributed by atoms with E-state index in [0.717, 1.165) is 11.1 Å². The minimum absolute atomic E-state index is 0.0340. The van der Waals surface area contributed by atoms with Gasteiger partial charge in [-0.05, 0) is 24.3 Å². The molecule has 0 saturated carbocycles. The standard InChI is InChI=1S/C21H19Cl2F2N3O2/c1-21(2,3)20(30)26-10-11-4-7-14(23)19(18(11)25)28-17(29)9-16(27-28)13-6-5-12(22)8-15(13)24/h4-8H,9-10H2,1-3H3,(H,26,30). The molecule has 0 fully saturated rings. The first-order valence-electron chi connectivity index (χ1n) is 9.10. The molecule has 0 aliphatic carbocycles. The van der Waals surface area contributed by atoms with Crippen LogP contribution in [0.4, 0.5) is 14.5 Å². The Morgan fingerprint density at radius 1 is 1.20 bits per heavy atom. The van der Waals surface area contributed by atoms with Gasteiger partial charge in [0.25, 0.3) is 5.91 Å². The number of nitrogens with one attached hydrogen (secondary N) is 1. The Hall–Kier alpha value is -2.51. The molecule has 0 atom stereocenters. The van der Waals surface area contributed by atoms with Gasteiger partial charge in [0.2, 0.25) is 5.91 Å². The molecular formula is C21H19Cl2F2N3O2. The second kappa shape index (κ2) is 8.32. The molecule has 0 radical (unpaired) electrons. The van der Waals surface area contributed by atoms with E-state index in [9.17, 15) is 14.0 Å². The molecule has 9 heteroatoms. The average molecular weight is 454 g/mol. The van der Waals surface area contributed by atoms with Gasteiger partial charge in [-0.2, -0.15) is 10.1 Å². The molecule has 2 amide bonds. The minimum atomic E-state index is -0.786. The van der Waals surface area contributed by atoms with Crippen LogP contribution in [0.3, 0.4) is 0 Å². The normalized spacial score (nSPS) is 14.2. The third kappa shape index (κ3) is 4.47. The van der Waals surface area contributed by atoms with E-state index >= 15 is 4.39 Å². The first-order chi connectivity index (χ1) is 14.0. The van der Waals surface area contributed by atoms with Crippen LogP contribution in [0.25, 0.3) is 0 Å². The fourth-order valence-electron chi connectivity index (χ4n) is 2.83. The first kappa shape index (κ1) is 22.2. The number of hydrogen-bond donors (Lipinski definition) is 1. The highest BCUT2D eigenvalue weighted by Gasteiger charge is 2.32. The van der Waals surface area contributed by atoms with Crippen LogP contribution in [0.1, 0.15) is 38.3 Å². The average Bonchev–Trinajstić information content (AvgIpc) is 3.01. The molecule has 0 bridgehead atoms. The van der Waals surface area contributed by atoms with Gasteiger partial charge < -0.3 is 5.32 Å². The maximum Gasteiger partial charge on any atom is 0.253 e. The molecule has 5 nitrogen and oxygen atoms in total. The number of halogens is 4. The van der Waals surface area contributed by atoms with Crippen molar-refractivity contribution in [3.05, 3.63) is 63.1 Å². The van der Waals surface area contributed by atoms with E-state index in [2.05, 4.69) is 10.4 Å². The van der Waals surface area contributed by atoms with Crippen LogP contribution in [0.5, 0.6) is 0 Å². The van der Waals surface area contributed by atoms with Gasteiger partial charge in [-0.25, -0.2) is 8.78 Å². The van der Waals surface area contributed by atoms with Crippen LogP contribution in [-0.2, 0) is 16.1 Å². The van der Waals surface area contributed by atoms with E-state index in [1.807, 2.05) is 0 Å². The molecule has 0 spiro atoms. The van der Waals surface area contributed by atoms with Gasteiger partial charge in [-0.1, -0.05) is 50.0 Å². The monoisotopic (exact) mass is 453 g/mol. The summed E-state index contributed by atoms with van der Waals surface area (Å²) in [6, 6.07) is 6.83. The van der Waals surface area contributed by atoms with E-state index < -0.39 is 23.0 Å². The van der Waals surface area contributed by atoms with E-state index in [1.165, 1.54) is 24.3 Å². The van der Waals surface area contributed by atoms with Crippen LogP contribution >= 0.6 is 23.2 Å². The second-order valence-electron chi connectivity index (χ2n) is 7.85. The van der Waals surface area contributed by atoms with Crippen molar-refractivity contribution in [1.29, 1.82) is 0 Å². The number of anilines is 1. The quantitative estimate of drug-likeness (QED) is 0.701. The third-order valence-corrected chi connectivity index (χ3v) is 5.04. The van der Waals surface area contributed by atoms with Crippen LogP contribution in [0, 0.1) is 17.0 Å². The van der Waals surface area contributed by atoms with Crippen molar-refractivity contribution in [2.45, 2.75) is 33.7 Å². The Morgan fingerprint density at radius 3 is 2.53 bits per heavy atom. The van der Waals surface area contributed by atoms with Gasteiger partial charge in [0.15, 0.2) is 5.82 Å². The molecule has 3 rings (SSSR count). The zero-order chi connectivity index (χ0) is 22.2. The van der Waals surface area contributed by atoms with E-state index in [4.69, 9.17) is 23.2 Å². The fraction of sp³-hybridized carbons (Fsp3) is 0.286. The van der Waals surface area contributed by atoms with E-state index in [1.54, 1.807) is 20.8 Å². The molecule has 1 N–H and O–H groups in total. The maximum atomic E-state index is 15.2. The smallest absolute Gasteiger partial charge is 0.253 e. The lowest BCUT2D eigenvalue weighted by Gasteiger charge is -2.19. The predicted molar refractivity (Wildman–Crippen MR) is 113 cm³/mol. The summed E-state index contributed by atoms with van der Waals surface area (Å²) < 4.78 is 29.4. The van der Waals surface area contributed by atoms with Gasteiger partial charge in [-0.3, -0.25) is 9.59 Å². The number of amides is 2. The number of carbonyl (C=O) groups excluding carboxylic acids is 2. The van der Waals surface area contributed by atoms with Crippen molar-refractivity contribution in [3.63, 3.8) is 0 Å². The SMILES string of the molecule is CC(C)(C)C(=O)NCc1ccc(Cl)c(N2N=C(c3ccc(Cl)cc3F)CC2=O)c1F.